The summed E-state index contributed by atoms with van der Waals surface area (Å²) in [7, 11) is 0. The zero-order chi connectivity index (χ0) is 11.8. The molecule has 90 valence electrons. The number of morpholine rings is 1. The van der Waals surface area contributed by atoms with Gasteiger partial charge in [0.2, 0.25) is 0 Å². The quantitative estimate of drug-likeness (QED) is 0.464. The van der Waals surface area contributed by atoms with Crippen molar-refractivity contribution in [1.82, 2.24) is 5.32 Å². The number of hydrogen-bond acceptors (Lipinski definition) is 5. The van der Waals surface area contributed by atoms with Crippen molar-refractivity contribution in [1.29, 1.82) is 0 Å². The predicted octanol–water partition coefficient (Wildman–Crippen LogP) is -1.23. The van der Waals surface area contributed by atoms with Gasteiger partial charge in [0.05, 0.1) is 12.7 Å². The van der Waals surface area contributed by atoms with Gasteiger partial charge in [-0.1, -0.05) is 0 Å². The maximum absolute atomic E-state index is 9.45. The summed E-state index contributed by atoms with van der Waals surface area (Å²) in [6.45, 7) is 5.83. The molecule has 0 aromatic carbocycles. The Kier molecular flexibility index (Phi) is 7.23. The first-order valence-electron chi connectivity index (χ1n) is 4.94. The number of carboxylic acids is 1. The zero-order valence-electron chi connectivity index (χ0n) is 9.14. The van der Waals surface area contributed by atoms with Crippen molar-refractivity contribution in [3.63, 3.8) is 0 Å². The average Bonchev–Trinajstić information content (AvgIpc) is 2.20. The van der Waals surface area contributed by atoms with E-state index in [1.54, 1.807) is 0 Å². The second-order valence-electron chi connectivity index (χ2n) is 3.49. The van der Waals surface area contributed by atoms with E-state index in [1.165, 1.54) is 6.92 Å². The van der Waals surface area contributed by atoms with Gasteiger partial charge < -0.3 is 26.0 Å². The molecule has 0 aromatic heterocycles. The molecule has 1 heterocycles. The molecule has 15 heavy (non-hydrogen) atoms. The molecule has 0 spiro atoms. The minimum atomic E-state index is -1.23. The van der Waals surface area contributed by atoms with Crippen molar-refractivity contribution >= 4 is 5.97 Å². The summed E-state index contributed by atoms with van der Waals surface area (Å²) in [5.41, 5.74) is 5.60. The van der Waals surface area contributed by atoms with E-state index < -0.39 is 12.1 Å². The standard InChI is InChI=1S/C6H14N2O.C3H6O3/c1-5(7)6-4-8-2-3-9-6;1-2(4)3(5)6/h5-6,8H,2-4,7H2,1H3;2,4H,1H3,(H,5,6). The number of nitrogens with two attached hydrogens (primary N) is 1. The fourth-order valence-electron chi connectivity index (χ4n) is 0.923. The number of aliphatic carboxylic acids is 1. The molecular formula is C9H20N2O4. The molecule has 1 rings (SSSR count). The van der Waals surface area contributed by atoms with Gasteiger partial charge in [-0.05, 0) is 13.8 Å². The predicted molar refractivity (Wildman–Crippen MR) is 55.6 cm³/mol. The number of aliphatic hydroxyl groups excluding tert-OH is 1. The second-order valence-corrected chi connectivity index (χ2v) is 3.49. The minimum Gasteiger partial charge on any atom is -0.479 e. The Balaban J connectivity index is 0.000000288. The first-order chi connectivity index (χ1) is 6.95. The molecule has 5 N–H and O–H groups in total. The fraction of sp³-hybridized carbons (Fsp3) is 0.889. The van der Waals surface area contributed by atoms with Crippen LogP contribution in [0, 0.1) is 0 Å². The van der Waals surface area contributed by atoms with E-state index in [2.05, 4.69) is 5.32 Å². The van der Waals surface area contributed by atoms with Crippen molar-refractivity contribution in [2.75, 3.05) is 19.7 Å². The van der Waals surface area contributed by atoms with Crippen molar-refractivity contribution in [3.8, 4) is 0 Å². The Hall–Kier alpha value is -0.690. The van der Waals surface area contributed by atoms with Gasteiger partial charge in [0, 0.05) is 19.1 Å². The Morgan fingerprint density at radius 2 is 2.13 bits per heavy atom. The minimum absolute atomic E-state index is 0.151. The monoisotopic (exact) mass is 220 g/mol. The van der Waals surface area contributed by atoms with E-state index in [-0.39, 0.29) is 12.1 Å². The third kappa shape index (κ3) is 7.26. The Morgan fingerprint density at radius 3 is 2.33 bits per heavy atom. The maximum atomic E-state index is 9.45. The van der Waals surface area contributed by atoms with E-state index in [4.69, 9.17) is 20.7 Å². The van der Waals surface area contributed by atoms with Crippen LogP contribution in [0.15, 0.2) is 0 Å². The van der Waals surface area contributed by atoms with Gasteiger partial charge in [0.15, 0.2) is 0 Å². The molecule has 3 atom stereocenters. The lowest BCUT2D eigenvalue weighted by molar-refractivity contribution is -0.145. The van der Waals surface area contributed by atoms with Crippen molar-refractivity contribution in [2.24, 2.45) is 5.73 Å². The molecule has 0 bridgehead atoms. The number of carboxylic acid groups (broad SMARTS) is 1. The number of nitrogens with one attached hydrogen (secondary N) is 1. The second kappa shape index (κ2) is 7.58. The molecule has 0 aromatic rings. The molecule has 1 aliphatic rings. The van der Waals surface area contributed by atoms with Gasteiger partial charge in [-0.3, -0.25) is 0 Å². The first-order valence-corrected chi connectivity index (χ1v) is 4.94. The van der Waals surface area contributed by atoms with E-state index in [0.29, 0.717) is 0 Å². The van der Waals surface area contributed by atoms with Crippen molar-refractivity contribution in [3.05, 3.63) is 0 Å². The van der Waals surface area contributed by atoms with E-state index in [0.717, 1.165) is 19.7 Å². The van der Waals surface area contributed by atoms with Crippen LogP contribution in [-0.4, -0.2) is 54.1 Å². The number of rotatable bonds is 2. The van der Waals surface area contributed by atoms with Gasteiger partial charge in [0.25, 0.3) is 0 Å². The molecular weight excluding hydrogens is 200 g/mol. The Morgan fingerprint density at radius 1 is 1.60 bits per heavy atom. The maximum Gasteiger partial charge on any atom is 0.332 e. The summed E-state index contributed by atoms with van der Waals surface area (Å²) in [4.78, 5) is 9.45. The van der Waals surface area contributed by atoms with E-state index in [9.17, 15) is 4.79 Å². The number of aliphatic hydroxyl groups is 1. The Bertz CT molecular complexity index is 179. The lowest BCUT2D eigenvalue weighted by atomic mass is 10.2. The molecule has 0 amide bonds. The van der Waals surface area contributed by atoms with Crippen molar-refractivity contribution < 1.29 is 19.7 Å². The molecule has 0 aliphatic carbocycles. The molecule has 1 aliphatic heterocycles. The van der Waals surface area contributed by atoms with Crippen LogP contribution in [0.1, 0.15) is 13.8 Å². The number of ether oxygens (including phenoxy) is 1. The van der Waals surface area contributed by atoms with Crippen LogP contribution in [0.3, 0.4) is 0 Å². The SMILES string of the molecule is CC(N)C1CNCCO1.CC(O)C(=O)O. The molecule has 1 fully saturated rings. The van der Waals surface area contributed by atoms with Gasteiger partial charge in [0.1, 0.15) is 6.10 Å². The summed E-state index contributed by atoms with van der Waals surface area (Å²) in [6, 6.07) is 0.151. The molecule has 0 saturated carbocycles. The van der Waals surface area contributed by atoms with Crippen LogP contribution in [0.25, 0.3) is 0 Å². The highest BCUT2D eigenvalue weighted by molar-refractivity contribution is 5.71. The summed E-state index contributed by atoms with van der Waals surface area (Å²) >= 11 is 0. The molecule has 3 unspecified atom stereocenters. The highest BCUT2D eigenvalue weighted by Crippen LogP contribution is 1.98. The summed E-state index contributed by atoms with van der Waals surface area (Å²) in [5.74, 6) is -1.19. The van der Waals surface area contributed by atoms with Crippen LogP contribution in [0.4, 0.5) is 0 Å². The highest BCUT2D eigenvalue weighted by atomic mass is 16.5. The molecule has 0 radical (unpaired) electrons. The number of carbonyl (C=O) groups is 1. The van der Waals surface area contributed by atoms with Crippen molar-refractivity contribution in [2.45, 2.75) is 32.1 Å². The Labute approximate surface area is 89.4 Å². The van der Waals surface area contributed by atoms with E-state index >= 15 is 0 Å². The topological polar surface area (TPSA) is 105 Å². The highest BCUT2D eigenvalue weighted by Gasteiger charge is 2.16. The summed E-state index contributed by atoms with van der Waals surface area (Å²) < 4.78 is 5.35. The lowest BCUT2D eigenvalue weighted by Gasteiger charge is -2.26. The van der Waals surface area contributed by atoms with Gasteiger partial charge in [-0.15, -0.1) is 0 Å². The van der Waals surface area contributed by atoms with Gasteiger partial charge in [-0.25, -0.2) is 4.79 Å². The van der Waals surface area contributed by atoms with Gasteiger partial charge in [-0.2, -0.15) is 0 Å². The smallest absolute Gasteiger partial charge is 0.332 e. The molecule has 1 saturated heterocycles. The molecule has 6 heteroatoms. The van der Waals surface area contributed by atoms with Crippen LogP contribution >= 0.6 is 0 Å². The van der Waals surface area contributed by atoms with Crippen LogP contribution in [-0.2, 0) is 9.53 Å². The molecule has 6 nitrogen and oxygen atoms in total. The largest absolute Gasteiger partial charge is 0.479 e. The third-order valence-electron chi connectivity index (χ3n) is 1.90. The van der Waals surface area contributed by atoms with E-state index in [1.807, 2.05) is 6.92 Å². The third-order valence-corrected chi connectivity index (χ3v) is 1.90. The summed E-state index contributed by atoms with van der Waals surface area (Å²) in [6.07, 6.45) is -1.01. The zero-order valence-corrected chi connectivity index (χ0v) is 9.14. The van der Waals surface area contributed by atoms with Gasteiger partial charge >= 0.3 is 5.97 Å². The van der Waals surface area contributed by atoms with Crippen LogP contribution in [0.2, 0.25) is 0 Å². The summed E-state index contributed by atoms with van der Waals surface area (Å²) in [5, 5.41) is 19.0. The average molecular weight is 220 g/mol. The van der Waals surface area contributed by atoms with Crippen LogP contribution < -0.4 is 11.1 Å². The lowest BCUT2D eigenvalue weighted by Crippen LogP contribution is -2.47. The normalized spacial score (nSPS) is 24.7. The number of hydrogen-bond donors (Lipinski definition) is 4. The fourth-order valence-corrected chi connectivity index (χ4v) is 0.923. The first kappa shape index (κ1) is 14.3. The van der Waals surface area contributed by atoms with Crippen LogP contribution in [0.5, 0.6) is 0 Å².